The molecule has 0 radical (unpaired) electrons. The molecule has 1 aromatic rings. The number of esters is 1. The van der Waals surface area contributed by atoms with Crippen molar-refractivity contribution < 1.29 is 19.4 Å². The molecule has 0 fully saturated rings. The lowest BCUT2D eigenvalue weighted by Crippen LogP contribution is -2.50. The van der Waals surface area contributed by atoms with Crippen molar-refractivity contribution in [3.63, 3.8) is 0 Å². The summed E-state index contributed by atoms with van der Waals surface area (Å²) in [5.74, 6) is 5.77. The number of allylic oxidation sites excluding steroid dienone is 1. The van der Waals surface area contributed by atoms with Crippen LogP contribution in [0.15, 0.2) is 29.5 Å². The fourth-order valence-electron chi connectivity index (χ4n) is 2.46. The molecule has 0 aromatic heterocycles. The Kier molecular flexibility index (Phi) is 5.63. The second kappa shape index (κ2) is 7.50. The Morgan fingerprint density at radius 2 is 2.12 bits per heavy atom. The average molecular weight is 351 g/mol. The van der Waals surface area contributed by atoms with Crippen LogP contribution in [-0.2, 0) is 9.53 Å². The highest BCUT2D eigenvalue weighted by Crippen LogP contribution is 2.35. The fraction of sp³-hybridized carbons (Fsp3) is 0.375. The summed E-state index contributed by atoms with van der Waals surface area (Å²) in [5, 5.41) is 14.4. The number of nitrogens with two attached hydrogens (primary N) is 1. The van der Waals surface area contributed by atoms with Crippen LogP contribution in [0.4, 0.5) is 0 Å². The van der Waals surface area contributed by atoms with Gasteiger partial charge in [0.05, 0.1) is 24.8 Å². The van der Waals surface area contributed by atoms with E-state index in [1.807, 2.05) is 6.92 Å². The predicted molar refractivity (Wildman–Crippen MR) is 93.1 cm³/mol. The smallest absolute Gasteiger partial charge is 0.338 e. The molecule has 4 N–H and O–H groups in total. The molecule has 7 nitrogen and oxygen atoms in total. The first kappa shape index (κ1) is 18.0. The molecule has 1 aliphatic heterocycles. The monoisotopic (exact) mass is 351 g/mol. The molecule has 130 valence electrons. The molecule has 0 aliphatic carbocycles. The number of aromatic hydroxyl groups is 1. The Balaban J connectivity index is 2.51. The maximum absolute atomic E-state index is 12.4. The van der Waals surface area contributed by atoms with Crippen LogP contribution in [0.1, 0.15) is 32.4 Å². The summed E-state index contributed by atoms with van der Waals surface area (Å²) in [4.78, 5) is 12.4. The van der Waals surface area contributed by atoms with E-state index in [9.17, 15) is 9.90 Å². The van der Waals surface area contributed by atoms with Crippen molar-refractivity contribution in [1.82, 2.24) is 10.3 Å². The van der Waals surface area contributed by atoms with E-state index in [1.54, 1.807) is 26.0 Å². The number of hydrogen-bond donors (Lipinski definition) is 3. The Labute approximate surface area is 146 Å². The summed E-state index contributed by atoms with van der Waals surface area (Å²) in [6.45, 7) is 5.91. The topological polar surface area (TPSA) is 97.1 Å². The molecule has 8 heteroatoms. The average Bonchev–Trinajstić information content (AvgIpc) is 2.54. The van der Waals surface area contributed by atoms with Gasteiger partial charge in [0.25, 0.3) is 0 Å². The third-order valence-electron chi connectivity index (χ3n) is 3.64. The van der Waals surface area contributed by atoms with Gasteiger partial charge >= 0.3 is 5.97 Å². The number of hydrogen-bond acceptors (Lipinski definition) is 6. The van der Waals surface area contributed by atoms with Crippen molar-refractivity contribution in [2.24, 2.45) is 5.84 Å². The standard InChI is InChI=1S/C16H21N3O4S/c1-4-22-12-8-10(6-7-11(12)20)14-13(15(21)23-5-2)9(3)19(17)16(24)18-14/h6-8,14,20H,4-5,17H2,1-3H3,(H,18,24)/t14-/m1/s1. The zero-order valence-corrected chi connectivity index (χ0v) is 14.6. The van der Waals surface area contributed by atoms with Gasteiger partial charge in [-0.2, -0.15) is 0 Å². The molecule has 1 aliphatic rings. The normalized spacial score (nSPS) is 17.6. The van der Waals surface area contributed by atoms with Crippen LogP contribution < -0.4 is 15.9 Å². The summed E-state index contributed by atoms with van der Waals surface area (Å²) in [6, 6.07) is 4.32. The minimum atomic E-state index is -0.545. The van der Waals surface area contributed by atoms with Crippen LogP contribution in [0, 0.1) is 0 Å². The number of nitrogens with one attached hydrogen (secondary N) is 1. The third kappa shape index (κ3) is 3.44. The van der Waals surface area contributed by atoms with E-state index >= 15 is 0 Å². The van der Waals surface area contributed by atoms with Crippen molar-refractivity contribution in [3.05, 3.63) is 35.0 Å². The van der Waals surface area contributed by atoms with Crippen molar-refractivity contribution >= 4 is 23.3 Å². The lowest BCUT2D eigenvalue weighted by atomic mass is 9.95. The zero-order valence-electron chi connectivity index (χ0n) is 13.8. The molecule has 0 bridgehead atoms. The molecule has 0 saturated carbocycles. The number of nitrogens with zero attached hydrogens (tertiary/aromatic N) is 1. The number of carbonyl (C=O) groups is 1. The molecule has 0 saturated heterocycles. The molecule has 0 unspecified atom stereocenters. The number of carbonyl (C=O) groups excluding carboxylic acids is 1. The van der Waals surface area contributed by atoms with Crippen molar-refractivity contribution in [2.45, 2.75) is 26.8 Å². The molecule has 2 rings (SSSR count). The summed E-state index contributed by atoms with van der Waals surface area (Å²) < 4.78 is 10.6. The summed E-state index contributed by atoms with van der Waals surface area (Å²) in [7, 11) is 0. The number of rotatable bonds is 5. The highest BCUT2D eigenvalue weighted by atomic mass is 32.1. The minimum Gasteiger partial charge on any atom is -0.504 e. The largest absolute Gasteiger partial charge is 0.504 e. The maximum atomic E-state index is 12.4. The third-order valence-corrected chi connectivity index (χ3v) is 3.95. The second-order valence-corrected chi connectivity index (χ2v) is 5.52. The maximum Gasteiger partial charge on any atom is 0.338 e. The van der Waals surface area contributed by atoms with Crippen LogP contribution >= 0.6 is 12.2 Å². The Morgan fingerprint density at radius 1 is 1.42 bits per heavy atom. The summed E-state index contributed by atoms with van der Waals surface area (Å²) in [5.41, 5.74) is 1.57. The summed E-state index contributed by atoms with van der Waals surface area (Å²) >= 11 is 5.22. The minimum absolute atomic E-state index is 0.0258. The van der Waals surface area contributed by atoms with E-state index < -0.39 is 12.0 Å². The van der Waals surface area contributed by atoms with E-state index in [0.717, 1.165) is 0 Å². The van der Waals surface area contributed by atoms with Crippen LogP contribution in [0.25, 0.3) is 0 Å². The summed E-state index contributed by atoms with van der Waals surface area (Å²) in [6.07, 6.45) is 0. The number of phenols is 1. The van der Waals surface area contributed by atoms with Crippen LogP contribution in [-0.4, -0.2) is 34.4 Å². The molecular formula is C16H21N3O4S. The zero-order chi connectivity index (χ0) is 17.9. The van der Waals surface area contributed by atoms with Gasteiger partial charge in [0, 0.05) is 5.70 Å². The van der Waals surface area contributed by atoms with Crippen molar-refractivity contribution in [1.29, 1.82) is 0 Å². The van der Waals surface area contributed by atoms with Crippen molar-refractivity contribution in [3.8, 4) is 11.5 Å². The fourth-order valence-corrected chi connectivity index (χ4v) is 2.72. The highest BCUT2D eigenvalue weighted by molar-refractivity contribution is 7.80. The number of hydrazine groups is 1. The Bertz CT molecular complexity index is 690. The molecule has 1 aromatic carbocycles. The Hall–Kier alpha value is -2.32. The van der Waals surface area contributed by atoms with Crippen molar-refractivity contribution in [2.75, 3.05) is 13.2 Å². The second-order valence-electron chi connectivity index (χ2n) is 5.13. The van der Waals surface area contributed by atoms with Gasteiger partial charge in [-0.25, -0.2) is 10.6 Å². The highest BCUT2D eigenvalue weighted by Gasteiger charge is 2.34. The van der Waals surface area contributed by atoms with Crippen LogP contribution in [0.2, 0.25) is 0 Å². The van der Waals surface area contributed by atoms with E-state index in [4.69, 9.17) is 27.5 Å². The van der Waals surface area contributed by atoms with Gasteiger partial charge < -0.3 is 19.9 Å². The first-order valence-electron chi connectivity index (χ1n) is 7.59. The number of benzene rings is 1. The van der Waals surface area contributed by atoms with E-state index in [0.29, 0.717) is 29.2 Å². The van der Waals surface area contributed by atoms with Gasteiger partial charge in [0.15, 0.2) is 16.6 Å². The van der Waals surface area contributed by atoms with E-state index in [2.05, 4.69) is 5.32 Å². The van der Waals surface area contributed by atoms with E-state index in [-0.39, 0.29) is 17.5 Å². The molecule has 0 amide bonds. The quantitative estimate of drug-likeness (QED) is 0.419. The lowest BCUT2D eigenvalue weighted by Gasteiger charge is -2.34. The predicted octanol–water partition coefficient (Wildman–Crippen LogP) is 1.73. The Morgan fingerprint density at radius 3 is 2.75 bits per heavy atom. The molecular weight excluding hydrogens is 330 g/mol. The van der Waals surface area contributed by atoms with Crippen LogP contribution in [0.3, 0.4) is 0 Å². The lowest BCUT2D eigenvalue weighted by molar-refractivity contribution is -0.139. The molecule has 24 heavy (non-hydrogen) atoms. The first-order chi connectivity index (χ1) is 11.4. The van der Waals surface area contributed by atoms with E-state index in [1.165, 1.54) is 11.1 Å². The SMILES string of the molecule is CCOC(=O)C1=C(C)N(N)C(=S)N[C@@H]1c1ccc(O)c(OCC)c1. The van der Waals surface area contributed by atoms with Gasteiger partial charge in [0.2, 0.25) is 0 Å². The van der Waals surface area contributed by atoms with Gasteiger partial charge in [-0.05, 0) is 50.7 Å². The number of thiocarbonyl (C=S) groups is 1. The van der Waals surface area contributed by atoms with Gasteiger partial charge in [-0.3, -0.25) is 5.01 Å². The molecule has 1 heterocycles. The first-order valence-corrected chi connectivity index (χ1v) is 8.00. The van der Waals surface area contributed by atoms with Gasteiger partial charge in [0.1, 0.15) is 0 Å². The number of phenolic OH excluding ortho intramolecular Hbond substituents is 1. The van der Waals surface area contributed by atoms with Crippen LogP contribution in [0.5, 0.6) is 11.5 Å². The van der Waals surface area contributed by atoms with Gasteiger partial charge in [-0.15, -0.1) is 0 Å². The molecule has 0 spiro atoms. The number of ether oxygens (including phenoxy) is 2. The molecule has 1 atom stereocenters. The van der Waals surface area contributed by atoms with Gasteiger partial charge in [-0.1, -0.05) is 6.07 Å².